The molecule has 0 bridgehead atoms. The fourth-order valence-corrected chi connectivity index (χ4v) is 2.17. The third-order valence-corrected chi connectivity index (χ3v) is 3.31. The van der Waals surface area contributed by atoms with Crippen LogP contribution in [0.3, 0.4) is 0 Å². The lowest BCUT2D eigenvalue weighted by atomic mass is 9.86. The van der Waals surface area contributed by atoms with E-state index in [0.29, 0.717) is 12.0 Å². The largest absolute Gasteiger partial charge is 0.358 e. The van der Waals surface area contributed by atoms with Gasteiger partial charge in [-0.2, -0.15) is 0 Å². The Labute approximate surface area is 103 Å². The quantitative estimate of drug-likeness (QED) is 0.635. The zero-order chi connectivity index (χ0) is 12.7. The van der Waals surface area contributed by atoms with Gasteiger partial charge in [0, 0.05) is 13.1 Å². The van der Waals surface area contributed by atoms with Crippen LogP contribution in [0.1, 0.15) is 32.6 Å². The number of carbonyl (C=O) groups excluding carboxylic acids is 2. The first kappa shape index (κ1) is 14.0. The van der Waals surface area contributed by atoms with Gasteiger partial charge in [-0.25, -0.2) is 0 Å². The molecule has 0 unspecified atom stereocenters. The molecule has 98 valence electrons. The summed E-state index contributed by atoms with van der Waals surface area (Å²) in [5, 5.41) is 8.34. The average molecular weight is 241 g/mol. The molecule has 0 heterocycles. The first-order chi connectivity index (χ1) is 8.13. The van der Waals surface area contributed by atoms with Crippen molar-refractivity contribution in [1.29, 1.82) is 0 Å². The fourth-order valence-electron chi connectivity index (χ4n) is 2.17. The molecule has 1 aliphatic rings. The minimum Gasteiger partial charge on any atom is -0.358 e. The van der Waals surface area contributed by atoms with Crippen LogP contribution in [0.2, 0.25) is 0 Å². The van der Waals surface area contributed by atoms with Gasteiger partial charge in [0.05, 0.1) is 13.1 Å². The fraction of sp³-hybridized carbons (Fsp3) is 0.833. The molecule has 0 aliphatic heterocycles. The van der Waals surface area contributed by atoms with Crippen LogP contribution in [-0.4, -0.2) is 38.0 Å². The third-order valence-electron chi connectivity index (χ3n) is 3.31. The van der Waals surface area contributed by atoms with Crippen molar-refractivity contribution in [2.75, 3.05) is 20.1 Å². The van der Waals surface area contributed by atoms with Gasteiger partial charge in [0.1, 0.15) is 0 Å². The zero-order valence-electron chi connectivity index (χ0n) is 10.7. The number of hydrogen-bond acceptors (Lipinski definition) is 3. The predicted molar refractivity (Wildman–Crippen MR) is 66.5 cm³/mol. The molecule has 2 atom stereocenters. The Morgan fingerprint density at radius 3 is 2.41 bits per heavy atom. The number of hydrogen-bond donors (Lipinski definition) is 3. The van der Waals surface area contributed by atoms with Crippen molar-refractivity contribution >= 4 is 11.8 Å². The molecule has 17 heavy (non-hydrogen) atoms. The van der Waals surface area contributed by atoms with E-state index in [0.717, 1.165) is 6.42 Å². The summed E-state index contributed by atoms with van der Waals surface area (Å²) in [5.41, 5.74) is 0. The minimum absolute atomic E-state index is 0.0207. The first-order valence-electron chi connectivity index (χ1n) is 6.34. The molecule has 5 nitrogen and oxygen atoms in total. The van der Waals surface area contributed by atoms with Crippen molar-refractivity contribution in [3.05, 3.63) is 0 Å². The second-order valence-corrected chi connectivity index (χ2v) is 4.71. The molecule has 0 aromatic rings. The molecule has 1 fully saturated rings. The maximum atomic E-state index is 11.6. The van der Waals surface area contributed by atoms with Gasteiger partial charge in [-0.05, 0) is 18.8 Å². The average Bonchev–Trinajstić information content (AvgIpc) is 2.32. The van der Waals surface area contributed by atoms with E-state index < -0.39 is 0 Å². The maximum absolute atomic E-state index is 11.6. The number of nitrogens with one attached hydrogen (secondary N) is 3. The van der Waals surface area contributed by atoms with E-state index in [4.69, 9.17) is 0 Å². The van der Waals surface area contributed by atoms with Crippen molar-refractivity contribution in [1.82, 2.24) is 16.0 Å². The molecule has 2 amide bonds. The number of carbonyl (C=O) groups is 2. The van der Waals surface area contributed by atoms with Crippen LogP contribution < -0.4 is 16.0 Å². The van der Waals surface area contributed by atoms with Crippen LogP contribution in [0.5, 0.6) is 0 Å². The highest BCUT2D eigenvalue weighted by Gasteiger charge is 2.22. The van der Waals surface area contributed by atoms with E-state index in [9.17, 15) is 9.59 Å². The van der Waals surface area contributed by atoms with Gasteiger partial charge in [-0.1, -0.05) is 19.8 Å². The van der Waals surface area contributed by atoms with E-state index in [-0.39, 0.29) is 24.9 Å². The zero-order valence-corrected chi connectivity index (χ0v) is 10.7. The van der Waals surface area contributed by atoms with Crippen molar-refractivity contribution in [2.24, 2.45) is 5.92 Å². The molecule has 1 aliphatic carbocycles. The van der Waals surface area contributed by atoms with Gasteiger partial charge < -0.3 is 10.6 Å². The molecule has 0 aromatic carbocycles. The Balaban J connectivity index is 2.17. The monoisotopic (exact) mass is 241 g/mol. The molecule has 3 N–H and O–H groups in total. The molecule has 0 aromatic heterocycles. The van der Waals surface area contributed by atoms with Crippen LogP contribution >= 0.6 is 0 Å². The summed E-state index contributed by atoms with van der Waals surface area (Å²) in [7, 11) is 1.58. The van der Waals surface area contributed by atoms with Crippen LogP contribution in [-0.2, 0) is 9.59 Å². The lowest BCUT2D eigenvalue weighted by molar-refractivity contribution is -0.122. The van der Waals surface area contributed by atoms with E-state index in [1.807, 2.05) is 0 Å². The summed E-state index contributed by atoms with van der Waals surface area (Å²) in [6.45, 7) is 2.57. The maximum Gasteiger partial charge on any atom is 0.234 e. The Bertz CT molecular complexity index is 268. The van der Waals surface area contributed by atoms with E-state index >= 15 is 0 Å². The highest BCUT2D eigenvalue weighted by molar-refractivity contribution is 5.81. The van der Waals surface area contributed by atoms with Crippen molar-refractivity contribution in [3.8, 4) is 0 Å². The van der Waals surface area contributed by atoms with Gasteiger partial charge in [0.2, 0.25) is 11.8 Å². The number of likely N-dealkylation sites (N-methyl/N-ethyl adjacent to an activating group) is 1. The summed E-state index contributed by atoms with van der Waals surface area (Å²) < 4.78 is 0. The standard InChI is InChI=1S/C12H23N3O2/c1-9-5-3-4-6-10(9)15-12(17)8-14-7-11(16)13-2/h9-10,14H,3-8H2,1-2H3,(H,13,16)(H,15,17)/t9-,10+/m1/s1. The first-order valence-corrected chi connectivity index (χ1v) is 6.34. The minimum atomic E-state index is -0.108. The van der Waals surface area contributed by atoms with Crippen LogP contribution in [0.25, 0.3) is 0 Å². The Hall–Kier alpha value is -1.10. The topological polar surface area (TPSA) is 70.2 Å². The molecular weight excluding hydrogens is 218 g/mol. The van der Waals surface area contributed by atoms with Crippen molar-refractivity contribution in [3.63, 3.8) is 0 Å². The number of amides is 2. The Morgan fingerprint density at radius 2 is 1.76 bits per heavy atom. The van der Waals surface area contributed by atoms with Gasteiger partial charge in [-0.15, -0.1) is 0 Å². The molecule has 0 spiro atoms. The third kappa shape index (κ3) is 5.17. The summed E-state index contributed by atoms with van der Waals surface area (Å²) in [4.78, 5) is 22.6. The molecule has 1 saturated carbocycles. The second-order valence-electron chi connectivity index (χ2n) is 4.71. The SMILES string of the molecule is CNC(=O)CNCC(=O)N[C@H]1CCCC[C@H]1C. The van der Waals surface area contributed by atoms with Gasteiger partial charge in [0.15, 0.2) is 0 Å². The lowest BCUT2D eigenvalue weighted by Crippen LogP contribution is -2.45. The lowest BCUT2D eigenvalue weighted by Gasteiger charge is -2.29. The molecule has 0 saturated heterocycles. The molecular formula is C12H23N3O2. The summed E-state index contributed by atoms with van der Waals surface area (Å²) in [5.74, 6) is 0.433. The predicted octanol–water partition coefficient (Wildman–Crippen LogP) is 0.0169. The van der Waals surface area contributed by atoms with Crippen molar-refractivity contribution < 1.29 is 9.59 Å². The smallest absolute Gasteiger partial charge is 0.234 e. The van der Waals surface area contributed by atoms with E-state index in [1.165, 1.54) is 19.3 Å². The number of rotatable bonds is 5. The van der Waals surface area contributed by atoms with Crippen molar-refractivity contribution in [2.45, 2.75) is 38.6 Å². The summed E-state index contributed by atoms with van der Waals surface area (Å²) >= 11 is 0. The molecule has 1 rings (SSSR count). The molecule has 5 heteroatoms. The highest BCUT2D eigenvalue weighted by atomic mass is 16.2. The highest BCUT2D eigenvalue weighted by Crippen LogP contribution is 2.23. The summed E-state index contributed by atoms with van der Waals surface area (Å²) in [6, 6.07) is 0.304. The second kappa shape index (κ2) is 7.27. The van der Waals surface area contributed by atoms with E-state index in [1.54, 1.807) is 7.05 Å². The Morgan fingerprint density at radius 1 is 1.12 bits per heavy atom. The van der Waals surface area contributed by atoms with Crippen LogP contribution in [0.15, 0.2) is 0 Å². The normalized spacial score (nSPS) is 24.1. The van der Waals surface area contributed by atoms with Crippen LogP contribution in [0.4, 0.5) is 0 Å². The van der Waals surface area contributed by atoms with Gasteiger partial charge in [0.25, 0.3) is 0 Å². The van der Waals surface area contributed by atoms with E-state index in [2.05, 4.69) is 22.9 Å². The van der Waals surface area contributed by atoms with Crippen LogP contribution in [0, 0.1) is 5.92 Å². The molecule has 0 radical (unpaired) electrons. The Kier molecular flexibility index (Phi) is 5.97. The van der Waals surface area contributed by atoms with Gasteiger partial charge in [-0.3, -0.25) is 14.9 Å². The summed E-state index contributed by atoms with van der Waals surface area (Å²) in [6.07, 6.45) is 4.72. The van der Waals surface area contributed by atoms with Gasteiger partial charge >= 0.3 is 0 Å².